The number of rotatable bonds is 2. The van der Waals surface area contributed by atoms with Crippen LogP contribution in [-0.4, -0.2) is 32.3 Å². The molecule has 0 N–H and O–H groups in total. The van der Waals surface area contributed by atoms with Crippen LogP contribution in [0.3, 0.4) is 0 Å². The number of likely N-dealkylation sites (tertiary alicyclic amines) is 1. The van der Waals surface area contributed by atoms with Crippen LogP contribution in [-0.2, 0) is 9.05 Å². The minimum absolute atomic E-state index is 0.0431. The second-order valence-corrected chi connectivity index (χ2v) is 8.17. The molecule has 0 spiro atoms. The lowest BCUT2D eigenvalue weighted by atomic mass is 9.93. The Balaban J connectivity index is 2.26. The number of amides is 1. The quantitative estimate of drug-likeness (QED) is 0.789. The molecule has 0 bridgehead atoms. The SMILES string of the molecule is CC1(C)CCN(C(=O)c2cccc(S(=O)(=O)Cl)c2)C1. The summed E-state index contributed by atoms with van der Waals surface area (Å²) in [5, 5.41) is 0. The van der Waals surface area contributed by atoms with Crippen LogP contribution in [0.25, 0.3) is 0 Å². The van der Waals surface area contributed by atoms with Crippen molar-refractivity contribution in [2.45, 2.75) is 25.2 Å². The van der Waals surface area contributed by atoms with E-state index in [4.69, 9.17) is 10.7 Å². The Morgan fingerprint density at radius 2 is 2.05 bits per heavy atom. The zero-order valence-corrected chi connectivity index (χ0v) is 12.5. The van der Waals surface area contributed by atoms with Crippen LogP contribution < -0.4 is 0 Å². The predicted octanol–water partition coefficient (Wildman–Crippen LogP) is 2.49. The number of halogens is 1. The first-order valence-electron chi connectivity index (χ1n) is 6.03. The Morgan fingerprint density at radius 3 is 2.58 bits per heavy atom. The van der Waals surface area contributed by atoms with Crippen molar-refractivity contribution in [2.24, 2.45) is 5.41 Å². The van der Waals surface area contributed by atoms with Gasteiger partial charge in [-0.15, -0.1) is 0 Å². The Hall–Kier alpha value is -1.07. The lowest BCUT2D eigenvalue weighted by Gasteiger charge is -2.20. The van der Waals surface area contributed by atoms with Gasteiger partial charge in [0.25, 0.3) is 15.0 Å². The minimum Gasteiger partial charge on any atom is -0.338 e. The van der Waals surface area contributed by atoms with Crippen LogP contribution >= 0.6 is 10.7 Å². The Labute approximate surface area is 117 Å². The fourth-order valence-corrected chi connectivity index (χ4v) is 3.05. The first-order valence-corrected chi connectivity index (χ1v) is 8.34. The molecule has 1 aromatic rings. The lowest BCUT2D eigenvalue weighted by Crippen LogP contribution is -2.30. The lowest BCUT2D eigenvalue weighted by molar-refractivity contribution is 0.0778. The van der Waals surface area contributed by atoms with Crippen molar-refractivity contribution in [3.8, 4) is 0 Å². The van der Waals surface area contributed by atoms with Crippen molar-refractivity contribution in [3.63, 3.8) is 0 Å². The van der Waals surface area contributed by atoms with E-state index < -0.39 is 9.05 Å². The maximum atomic E-state index is 12.3. The van der Waals surface area contributed by atoms with Gasteiger partial charge >= 0.3 is 0 Å². The minimum atomic E-state index is -3.80. The highest BCUT2D eigenvalue weighted by Gasteiger charge is 2.32. The first kappa shape index (κ1) is 14.3. The monoisotopic (exact) mass is 301 g/mol. The van der Waals surface area contributed by atoms with E-state index >= 15 is 0 Å². The van der Waals surface area contributed by atoms with E-state index in [0.717, 1.165) is 6.42 Å². The van der Waals surface area contributed by atoms with Crippen LogP contribution in [0.5, 0.6) is 0 Å². The third-order valence-electron chi connectivity index (χ3n) is 3.33. The molecule has 6 heteroatoms. The largest absolute Gasteiger partial charge is 0.338 e. The maximum absolute atomic E-state index is 12.3. The summed E-state index contributed by atoms with van der Waals surface area (Å²) in [7, 11) is 1.48. The van der Waals surface area contributed by atoms with Crippen LogP contribution in [0.15, 0.2) is 29.2 Å². The molecular weight excluding hydrogens is 286 g/mol. The molecule has 1 aliphatic heterocycles. The molecule has 1 aliphatic rings. The van der Waals surface area contributed by atoms with Gasteiger partial charge in [0.2, 0.25) is 0 Å². The second-order valence-electron chi connectivity index (χ2n) is 5.61. The molecule has 0 unspecified atom stereocenters. The molecule has 0 atom stereocenters. The molecule has 104 valence electrons. The van der Waals surface area contributed by atoms with E-state index in [9.17, 15) is 13.2 Å². The van der Waals surface area contributed by atoms with Crippen molar-refractivity contribution in [2.75, 3.05) is 13.1 Å². The fraction of sp³-hybridized carbons (Fsp3) is 0.462. The zero-order valence-electron chi connectivity index (χ0n) is 10.9. The van der Waals surface area contributed by atoms with Gasteiger partial charge in [0.15, 0.2) is 0 Å². The molecule has 2 rings (SSSR count). The Bertz CT molecular complexity index is 610. The molecule has 0 saturated carbocycles. The summed E-state index contributed by atoms with van der Waals surface area (Å²) < 4.78 is 22.5. The molecule has 1 amide bonds. The average molecular weight is 302 g/mol. The molecule has 1 fully saturated rings. The van der Waals surface area contributed by atoms with E-state index in [1.807, 2.05) is 0 Å². The normalized spacial score (nSPS) is 18.6. The fourth-order valence-electron chi connectivity index (χ4n) is 2.25. The molecule has 1 heterocycles. The van der Waals surface area contributed by atoms with Gasteiger partial charge in [0, 0.05) is 29.3 Å². The first-order chi connectivity index (χ1) is 8.69. The maximum Gasteiger partial charge on any atom is 0.261 e. The molecule has 1 aromatic carbocycles. The number of carbonyl (C=O) groups excluding carboxylic acids is 1. The molecule has 4 nitrogen and oxygen atoms in total. The van der Waals surface area contributed by atoms with Gasteiger partial charge in [-0.3, -0.25) is 4.79 Å². The summed E-state index contributed by atoms with van der Waals surface area (Å²) in [5.74, 6) is -0.146. The highest BCUT2D eigenvalue weighted by molar-refractivity contribution is 8.13. The third kappa shape index (κ3) is 3.28. The number of benzene rings is 1. The van der Waals surface area contributed by atoms with E-state index in [2.05, 4.69) is 13.8 Å². The highest BCUT2D eigenvalue weighted by atomic mass is 35.7. The Morgan fingerprint density at radius 1 is 1.37 bits per heavy atom. The van der Waals surface area contributed by atoms with E-state index in [-0.39, 0.29) is 16.2 Å². The van der Waals surface area contributed by atoms with Crippen molar-refractivity contribution in [3.05, 3.63) is 29.8 Å². The molecule has 0 radical (unpaired) electrons. The summed E-state index contributed by atoms with van der Waals surface area (Å²) in [6.45, 7) is 5.60. The van der Waals surface area contributed by atoms with E-state index in [0.29, 0.717) is 18.7 Å². The third-order valence-corrected chi connectivity index (χ3v) is 4.68. The summed E-state index contributed by atoms with van der Waals surface area (Å²) in [4.78, 5) is 14.0. The van der Waals surface area contributed by atoms with E-state index in [1.54, 1.807) is 11.0 Å². The molecule has 19 heavy (non-hydrogen) atoms. The standard InChI is InChI=1S/C13H16ClNO3S/c1-13(2)6-7-15(9-13)12(16)10-4-3-5-11(8-10)19(14,17)18/h3-5,8H,6-7,9H2,1-2H3. The van der Waals surface area contributed by atoms with Crippen molar-refractivity contribution < 1.29 is 13.2 Å². The van der Waals surface area contributed by atoms with Crippen LogP contribution in [0.4, 0.5) is 0 Å². The van der Waals surface area contributed by atoms with E-state index in [1.165, 1.54) is 18.2 Å². The van der Waals surface area contributed by atoms with Gasteiger partial charge < -0.3 is 4.90 Å². The predicted molar refractivity (Wildman–Crippen MR) is 73.8 cm³/mol. The summed E-state index contributed by atoms with van der Waals surface area (Å²) in [6.07, 6.45) is 0.951. The molecule has 1 saturated heterocycles. The number of carbonyl (C=O) groups is 1. The van der Waals surface area contributed by atoms with Crippen molar-refractivity contribution in [1.29, 1.82) is 0 Å². The Kier molecular flexibility index (Phi) is 3.62. The number of nitrogens with zero attached hydrogens (tertiary/aromatic N) is 1. The summed E-state index contributed by atoms with van der Waals surface area (Å²) >= 11 is 0. The van der Waals surface area contributed by atoms with Crippen LogP contribution in [0.2, 0.25) is 0 Å². The smallest absolute Gasteiger partial charge is 0.261 e. The summed E-state index contributed by atoms with van der Waals surface area (Å²) in [6, 6.07) is 5.85. The zero-order chi connectivity index (χ0) is 14.3. The van der Waals surface area contributed by atoms with Crippen LogP contribution in [0.1, 0.15) is 30.6 Å². The number of hydrogen-bond acceptors (Lipinski definition) is 3. The van der Waals surface area contributed by atoms with Gasteiger partial charge in [-0.2, -0.15) is 0 Å². The van der Waals surface area contributed by atoms with Crippen LogP contribution in [0, 0.1) is 5.41 Å². The molecule has 0 aliphatic carbocycles. The topological polar surface area (TPSA) is 54.5 Å². The van der Waals surface area contributed by atoms with Crippen molar-refractivity contribution >= 4 is 25.6 Å². The van der Waals surface area contributed by atoms with Gasteiger partial charge in [0.1, 0.15) is 0 Å². The average Bonchev–Trinajstić information content (AvgIpc) is 2.68. The summed E-state index contributed by atoms with van der Waals surface area (Å²) in [5.41, 5.74) is 0.477. The van der Waals surface area contributed by atoms with Gasteiger partial charge in [-0.25, -0.2) is 8.42 Å². The van der Waals surface area contributed by atoms with Gasteiger partial charge in [0.05, 0.1) is 4.90 Å². The highest BCUT2D eigenvalue weighted by Crippen LogP contribution is 2.30. The number of hydrogen-bond donors (Lipinski definition) is 0. The molecule has 0 aromatic heterocycles. The van der Waals surface area contributed by atoms with Crippen molar-refractivity contribution in [1.82, 2.24) is 4.90 Å². The van der Waals surface area contributed by atoms with Gasteiger partial charge in [-0.05, 0) is 30.0 Å². The second kappa shape index (κ2) is 4.80. The molecular formula is C13H16ClNO3S. The van der Waals surface area contributed by atoms with Gasteiger partial charge in [-0.1, -0.05) is 19.9 Å².